The van der Waals surface area contributed by atoms with Crippen molar-refractivity contribution < 1.29 is 10.2 Å². The summed E-state index contributed by atoms with van der Waals surface area (Å²) in [6.45, 7) is 12.9. The minimum atomic E-state index is 0.366. The standard InChI is InChI=1S/C38H80N2O2/c1-3-39(33-29-25-21-17-13-9-5-7-11-15-19-23-27-31-37-41)35-36-40(4-2)34-30-26-22-18-14-10-6-8-12-16-20-24-28-32-38-42/h41-42H,3-38H2,1-2H3. The minimum absolute atomic E-state index is 0.366. The van der Waals surface area contributed by atoms with Gasteiger partial charge < -0.3 is 20.0 Å². The molecule has 0 heterocycles. The highest BCUT2D eigenvalue weighted by atomic mass is 16.3. The largest absolute Gasteiger partial charge is 0.396 e. The third-order valence-corrected chi connectivity index (χ3v) is 9.39. The van der Waals surface area contributed by atoms with E-state index in [0.717, 1.165) is 12.8 Å². The minimum Gasteiger partial charge on any atom is -0.396 e. The maximum absolute atomic E-state index is 8.82. The summed E-state index contributed by atoms with van der Waals surface area (Å²) in [4.78, 5) is 5.37. The molecule has 254 valence electrons. The van der Waals surface area contributed by atoms with E-state index in [4.69, 9.17) is 10.2 Å². The van der Waals surface area contributed by atoms with Gasteiger partial charge in [0.25, 0.3) is 0 Å². The van der Waals surface area contributed by atoms with Crippen molar-refractivity contribution in [2.45, 2.75) is 194 Å². The Balaban J connectivity index is 3.48. The first kappa shape index (κ1) is 41.8. The second-order valence-electron chi connectivity index (χ2n) is 13.2. The molecule has 0 aliphatic rings. The van der Waals surface area contributed by atoms with E-state index >= 15 is 0 Å². The molecule has 0 bridgehead atoms. The van der Waals surface area contributed by atoms with Crippen LogP contribution in [0.5, 0.6) is 0 Å². The molecule has 0 aromatic carbocycles. The van der Waals surface area contributed by atoms with Gasteiger partial charge >= 0.3 is 0 Å². The van der Waals surface area contributed by atoms with Crippen molar-refractivity contribution >= 4 is 0 Å². The van der Waals surface area contributed by atoms with Crippen molar-refractivity contribution in [1.82, 2.24) is 9.80 Å². The van der Waals surface area contributed by atoms with Crippen molar-refractivity contribution in [3.63, 3.8) is 0 Å². The third kappa shape index (κ3) is 32.7. The summed E-state index contributed by atoms with van der Waals surface area (Å²) in [7, 11) is 0. The number of aliphatic hydroxyl groups is 2. The molecule has 0 aromatic heterocycles. The Hall–Kier alpha value is -0.160. The second kappa shape index (κ2) is 37.0. The van der Waals surface area contributed by atoms with Gasteiger partial charge in [-0.3, -0.25) is 0 Å². The van der Waals surface area contributed by atoms with E-state index in [1.165, 1.54) is 206 Å². The predicted octanol–water partition coefficient (Wildman–Crippen LogP) is 10.5. The maximum Gasteiger partial charge on any atom is 0.0431 e. The summed E-state index contributed by atoms with van der Waals surface area (Å²) in [6, 6.07) is 0. The summed E-state index contributed by atoms with van der Waals surface area (Å²) < 4.78 is 0. The first-order valence-electron chi connectivity index (χ1n) is 19.4. The van der Waals surface area contributed by atoms with Gasteiger partial charge in [-0.1, -0.05) is 168 Å². The lowest BCUT2D eigenvalue weighted by Crippen LogP contribution is -2.36. The molecular formula is C38H80N2O2. The fourth-order valence-electron chi connectivity index (χ4n) is 6.28. The van der Waals surface area contributed by atoms with Gasteiger partial charge in [-0.05, 0) is 51.9 Å². The molecule has 0 aliphatic carbocycles. The zero-order valence-corrected chi connectivity index (χ0v) is 29.2. The molecule has 0 saturated carbocycles. The van der Waals surface area contributed by atoms with Crippen LogP contribution in [-0.2, 0) is 0 Å². The number of unbranched alkanes of at least 4 members (excludes halogenated alkanes) is 26. The van der Waals surface area contributed by atoms with Crippen molar-refractivity contribution in [3.05, 3.63) is 0 Å². The lowest BCUT2D eigenvalue weighted by molar-refractivity contribution is 0.209. The number of likely N-dealkylation sites (N-methyl/N-ethyl adjacent to an activating group) is 2. The van der Waals surface area contributed by atoms with E-state index in [1.54, 1.807) is 0 Å². The summed E-state index contributed by atoms with van der Waals surface area (Å²) in [5.41, 5.74) is 0. The van der Waals surface area contributed by atoms with Gasteiger partial charge in [-0.15, -0.1) is 0 Å². The van der Waals surface area contributed by atoms with Gasteiger partial charge in [0.1, 0.15) is 0 Å². The van der Waals surface area contributed by atoms with Crippen LogP contribution in [0.25, 0.3) is 0 Å². The van der Waals surface area contributed by atoms with Gasteiger partial charge in [0.2, 0.25) is 0 Å². The zero-order chi connectivity index (χ0) is 30.6. The van der Waals surface area contributed by atoms with Crippen LogP contribution in [0, 0.1) is 0 Å². The molecule has 0 saturated heterocycles. The Morgan fingerprint density at radius 3 is 0.643 bits per heavy atom. The van der Waals surface area contributed by atoms with Crippen LogP contribution in [-0.4, -0.2) is 72.5 Å². The lowest BCUT2D eigenvalue weighted by Gasteiger charge is -2.26. The van der Waals surface area contributed by atoms with Crippen molar-refractivity contribution in [1.29, 1.82) is 0 Å². The Kier molecular flexibility index (Phi) is 36.9. The van der Waals surface area contributed by atoms with E-state index in [0.29, 0.717) is 13.2 Å². The van der Waals surface area contributed by atoms with E-state index in [2.05, 4.69) is 23.6 Å². The molecule has 42 heavy (non-hydrogen) atoms. The van der Waals surface area contributed by atoms with Gasteiger partial charge in [0.15, 0.2) is 0 Å². The second-order valence-corrected chi connectivity index (χ2v) is 13.2. The SMILES string of the molecule is CCN(CCCCCCCCCCCCCCCCO)CCN(CC)CCCCCCCCCCCCCCCCO. The Labute approximate surface area is 265 Å². The van der Waals surface area contributed by atoms with Crippen LogP contribution >= 0.6 is 0 Å². The highest BCUT2D eigenvalue weighted by Crippen LogP contribution is 2.14. The average molecular weight is 597 g/mol. The highest BCUT2D eigenvalue weighted by Gasteiger charge is 2.07. The molecule has 2 N–H and O–H groups in total. The fraction of sp³-hybridized carbons (Fsp3) is 1.00. The van der Waals surface area contributed by atoms with Gasteiger partial charge in [0, 0.05) is 26.3 Å². The highest BCUT2D eigenvalue weighted by molar-refractivity contribution is 4.63. The molecule has 4 heteroatoms. The van der Waals surface area contributed by atoms with Crippen LogP contribution in [0.4, 0.5) is 0 Å². The van der Waals surface area contributed by atoms with Crippen molar-refractivity contribution in [2.75, 3.05) is 52.5 Å². The van der Waals surface area contributed by atoms with Crippen molar-refractivity contribution in [3.8, 4) is 0 Å². The fourth-order valence-corrected chi connectivity index (χ4v) is 6.28. The number of rotatable bonds is 37. The van der Waals surface area contributed by atoms with Gasteiger partial charge in [0.05, 0.1) is 0 Å². The van der Waals surface area contributed by atoms with E-state index < -0.39 is 0 Å². The third-order valence-electron chi connectivity index (χ3n) is 9.39. The van der Waals surface area contributed by atoms with Gasteiger partial charge in [-0.25, -0.2) is 0 Å². The summed E-state index contributed by atoms with van der Waals surface area (Å²) in [5.74, 6) is 0. The summed E-state index contributed by atoms with van der Waals surface area (Å²) >= 11 is 0. The number of hydrogen-bond acceptors (Lipinski definition) is 4. The topological polar surface area (TPSA) is 46.9 Å². The number of aliphatic hydroxyl groups excluding tert-OH is 2. The summed E-state index contributed by atoms with van der Waals surface area (Å²) in [6.07, 6.45) is 38.1. The normalized spacial score (nSPS) is 11.9. The van der Waals surface area contributed by atoms with Crippen LogP contribution in [0.1, 0.15) is 194 Å². The molecular weight excluding hydrogens is 516 g/mol. The predicted molar refractivity (Wildman–Crippen MR) is 188 cm³/mol. The van der Waals surface area contributed by atoms with Gasteiger partial charge in [-0.2, -0.15) is 0 Å². The number of nitrogens with zero attached hydrogens (tertiary/aromatic N) is 2. The van der Waals surface area contributed by atoms with Crippen molar-refractivity contribution in [2.24, 2.45) is 0 Å². The average Bonchev–Trinajstić information content (AvgIpc) is 3.01. The van der Waals surface area contributed by atoms with E-state index in [1.807, 2.05) is 0 Å². The van der Waals surface area contributed by atoms with Crippen LogP contribution in [0.15, 0.2) is 0 Å². The molecule has 0 fully saturated rings. The molecule has 0 atom stereocenters. The molecule has 0 unspecified atom stereocenters. The van der Waals surface area contributed by atoms with E-state index in [9.17, 15) is 0 Å². The van der Waals surface area contributed by atoms with Crippen LogP contribution < -0.4 is 0 Å². The van der Waals surface area contributed by atoms with E-state index in [-0.39, 0.29) is 0 Å². The molecule has 0 spiro atoms. The molecule has 4 nitrogen and oxygen atoms in total. The smallest absolute Gasteiger partial charge is 0.0431 e. The first-order chi connectivity index (χ1) is 20.8. The van der Waals surface area contributed by atoms with Crippen LogP contribution in [0.2, 0.25) is 0 Å². The molecule has 0 amide bonds. The Morgan fingerprint density at radius 2 is 0.452 bits per heavy atom. The summed E-state index contributed by atoms with van der Waals surface area (Å²) in [5, 5.41) is 17.6. The Bertz CT molecular complexity index is 434. The molecule has 0 radical (unpaired) electrons. The number of hydrogen-bond donors (Lipinski definition) is 2. The van der Waals surface area contributed by atoms with Crippen LogP contribution in [0.3, 0.4) is 0 Å². The molecule has 0 aliphatic heterocycles. The maximum atomic E-state index is 8.82. The first-order valence-corrected chi connectivity index (χ1v) is 19.4. The lowest BCUT2D eigenvalue weighted by atomic mass is 10.0. The molecule has 0 aromatic rings. The Morgan fingerprint density at radius 1 is 0.262 bits per heavy atom. The molecule has 0 rings (SSSR count). The quantitative estimate of drug-likeness (QED) is 0.0700. The monoisotopic (exact) mass is 597 g/mol. The zero-order valence-electron chi connectivity index (χ0n) is 29.2.